The van der Waals surface area contributed by atoms with Gasteiger partial charge in [-0.2, -0.15) is 0 Å². The Labute approximate surface area is 93.7 Å². The zero-order chi connectivity index (χ0) is 12.0. The number of carbonyl (C=O) groups excluding carboxylic acids is 1. The molecule has 0 saturated carbocycles. The number of aliphatic hydroxyl groups excluding tert-OH is 1. The van der Waals surface area contributed by atoms with Crippen LogP contribution >= 0.6 is 0 Å². The van der Waals surface area contributed by atoms with Gasteiger partial charge in [0.25, 0.3) is 5.91 Å². The summed E-state index contributed by atoms with van der Waals surface area (Å²) in [6.45, 7) is 2.62. The average molecular weight is 224 g/mol. The number of amides is 1. The molecule has 0 aliphatic rings. The first-order chi connectivity index (χ1) is 7.70. The van der Waals surface area contributed by atoms with E-state index < -0.39 is 0 Å². The number of carbonyl (C=O) groups is 1. The Morgan fingerprint density at radius 3 is 2.81 bits per heavy atom. The summed E-state index contributed by atoms with van der Waals surface area (Å²) in [5.41, 5.74) is -0.188. The molecule has 1 aromatic heterocycles. The van der Waals surface area contributed by atoms with Crippen LogP contribution in [0.1, 0.15) is 23.7 Å². The Morgan fingerprint density at radius 2 is 2.25 bits per heavy atom. The van der Waals surface area contributed by atoms with E-state index in [1.54, 1.807) is 0 Å². The van der Waals surface area contributed by atoms with E-state index in [0.29, 0.717) is 6.54 Å². The third kappa shape index (κ3) is 2.93. The first-order valence-corrected chi connectivity index (χ1v) is 5.28. The highest BCUT2D eigenvalue weighted by atomic mass is 16.3. The third-order valence-electron chi connectivity index (χ3n) is 2.21. The molecular weight excluding hydrogens is 208 g/mol. The van der Waals surface area contributed by atoms with Gasteiger partial charge in [-0.1, -0.05) is 6.92 Å². The Morgan fingerprint density at radius 1 is 1.50 bits per heavy atom. The fourth-order valence-electron chi connectivity index (χ4n) is 1.46. The summed E-state index contributed by atoms with van der Waals surface area (Å²) >= 11 is 0. The molecule has 0 fully saturated rings. The Kier molecular flexibility index (Phi) is 4.72. The van der Waals surface area contributed by atoms with Crippen molar-refractivity contribution in [3.63, 3.8) is 0 Å². The number of rotatable bonds is 5. The first kappa shape index (κ1) is 12.4. The van der Waals surface area contributed by atoms with E-state index in [0.717, 1.165) is 6.42 Å². The summed E-state index contributed by atoms with van der Waals surface area (Å²) in [6.07, 6.45) is 3.66. The van der Waals surface area contributed by atoms with Gasteiger partial charge in [0.2, 0.25) is 0 Å². The molecule has 0 bridgehead atoms. The van der Waals surface area contributed by atoms with Crippen LogP contribution in [0.5, 0.6) is 0 Å². The molecule has 1 amide bonds. The molecule has 5 nitrogen and oxygen atoms in total. The second-order valence-electron chi connectivity index (χ2n) is 3.44. The number of hydrogen-bond acceptors (Lipinski definition) is 3. The molecule has 1 heterocycles. The summed E-state index contributed by atoms with van der Waals surface area (Å²) in [7, 11) is 0. The number of aromatic nitrogens is 1. The van der Waals surface area contributed by atoms with E-state index in [2.05, 4.69) is 4.98 Å². The van der Waals surface area contributed by atoms with Gasteiger partial charge >= 0.3 is 0 Å². The summed E-state index contributed by atoms with van der Waals surface area (Å²) in [4.78, 5) is 27.6. The molecule has 88 valence electrons. The van der Waals surface area contributed by atoms with Crippen LogP contribution in [0, 0.1) is 0 Å². The van der Waals surface area contributed by atoms with Crippen molar-refractivity contribution in [2.75, 3.05) is 19.7 Å². The molecule has 2 N–H and O–H groups in total. The van der Waals surface area contributed by atoms with Crippen LogP contribution in [0.2, 0.25) is 0 Å². The lowest BCUT2D eigenvalue weighted by atomic mass is 10.2. The van der Waals surface area contributed by atoms with Gasteiger partial charge in [0.1, 0.15) is 5.56 Å². The van der Waals surface area contributed by atoms with E-state index in [9.17, 15) is 9.59 Å². The molecule has 1 rings (SSSR count). The molecule has 0 aromatic carbocycles. The number of nitrogens with one attached hydrogen (secondary N) is 1. The van der Waals surface area contributed by atoms with Gasteiger partial charge < -0.3 is 15.0 Å². The molecule has 0 saturated heterocycles. The molecule has 0 spiro atoms. The van der Waals surface area contributed by atoms with Crippen molar-refractivity contribution in [2.45, 2.75) is 13.3 Å². The third-order valence-corrected chi connectivity index (χ3v) is 2.21. The fraction of sp³-hybridized carbons (Fsp3) is 0.455. The Bertz CT molecular complexity index is 394. The number of hydrogen-bond donors (Lipinski definition) is 2. The second kappa shape index (κ2) is 6.07. The van der Waals surface area contributed by atoms with Crippen LogP contribution in [-0.4, -0.2) is 40.6 Å². The topological polar surface area (TPSA) is 73.4 Å². The summed E-state index contributed by atoms with van der Waals surface area (Å²) < 4.78 is 0. The van der Waals surface area contributed by atoms with E-state index in [1.165, 1.54) is 23.4 Å². The van der Waals surface area contributed by atoms with Crippen molar-refractivity contribution in [1.29, 1.82) is 0 Å². The Balaban J connectivity index is 2.90. The van der Waals surface area contributed by atoms with Crippen LogP contribution in [0.15, 0.2) is 23.3 Å². The highest BCUT2D eigenvalue weighted by molar-refractivity contribution is 5.93. The molecule has 0 radical (unpaired) electrons. The minimum Gasteiger partial charge on any atom is -0.395 e. The lowest BCUT2D eigenvalue weighted by molar-refractivity contribution is 0.0720. The summed E-state index contributed by atoms with van der Waals surface area (Å²) in [6, 6.07) is 1.32. The van der Waals surface area contributed by atoms with Gasteiger partial charge in [0.15, 0.2) is 5.43 Å². The van der Waals surface area contributed by atoms with Gasteiger partial charge in [-0.25, -0.2) is 0 Å². The summed E-state index contributed by atoms with van der Waals surface area (Å²) in [5.74, 6) is -0.335. The lowest BCUT2D eigenvalue weighted by Crippen LogP contribution is -2.36. The van der Waals surface area contributed by atoms with E-state index in [4.69, 9.17) is 5.11 Å². The minimum absolute atomic E-state index is 0.101. The lowest BCUT2D eigenvalue weighted by Gasteiger charge is -2.20. The number of aromatic amines is 1. The molecular formula is C11H16N2O3. The van der Waals surface area contributed by atoms with Crippen LogP contribution in [0.25, 0.3) is 0 Å². The van der Waals surface area contributed by atoms with Gasteiger partial charge in [0.05, 0.1) is 6.61 Å². The molecule has 1 aromatic rings. The van der Waals surface area contributed by atoms with Crippen LogP contribution in [-0.2, 0) is 0 Å². The molecule has 5 heteroatoms. The van der Waals surface area contributed by atoms with Crippen LogP contribution in [0.4, 0.5) is 0 Å². The van der Waals surface area contributed by atoms with Crippen molar-refractivity contribution < 1.29 is 9.90 Å². The first-order valence-electron chi connectivity index (χ1n) is 5.28. The van der Waals surface area contributed by atoms with Crippen molar-refractivity contribution in [1.82, 2.24) is 9.88 Å². The number of H-pyrrole nitrogens is 1. The minimum atomic E-state index is -0.335. The van der Waals surface area contributed by atoms with Crippen molar-refractivity contribution in [3.8, 4) is 0 Å². The molecule has 0 aliphatic heterocycles. The second-order valence-corrected chi connectivity index (χ2v) is 3.44. The maximum Gasteiger partial charge on any atom is 0.259 e. The van der Waals surface area contributed by atoms with Crippen molar-refractivity contribution in [3.05, 3.63) is 34.2 Å². The Hall–Kier alpha value is -1.62. The summed E-state index contributed by atoms with van der Waals surface area (Å²) in [5, 5.41) is 8.85. The monoisotopic (exact) mass is 224 g/mol. The number of nitrogens with zero attached hydrogens (tertiary/aromatic N) is 1. The van der Waals surface area contributed by atoms with Gasteiger partial charge in [-0.15, -0.1) is 0 Å². The fourth-order valence-corrected chi connectivity index (χ4v) is 1.46. The van der Waals surface area contributed by atoms with Crippen LogP contribution in [0.3, 0.4) is 0 Å². The van der Waals surface area contributed by atoms with Crippen molar-refractivity contribution in [2.24, 2.45) is 0 Å². The maximum absolute atomic E-state index is 11.9. The van der Waals surface area contributed by atoms with Crippen molar-refractivity contribution >= 4 is 5.91 Å². The predicted molar refractivity (Wildman–Crippen MR) is 60.3 cm³/mol. The quantitative estimate of drug-likeness (QED) is 0.751. The zero-order valence-corrected chi connectivity index (χ0v) is 9.27. The largest absolute Gasteiger partial charge is 0.395 e. The smallest absolute Gasteiger partial charge is 0.259 e. The normalized spacial score (nSPS) is 10.1. The average Bonchev–Trinajstić information content (AvgIpc) is 2.28. The van der Waals surface area contributed by atoms with E-state index >= 15 is 0 Å². The number of pyridine rings is 1. The highest BCUT2D eigenvalue weighted by Crippen LogP contribution is 1.99. The molecule has 0 atom stereocenters. The highest BCUT2D eigenvalue weighted by Gasteiger charge is 2.16. The molecule has 0 aliphatic carbocycles. The SMILES string of the molecule is CCCN(CCO)C(=O)c1c[nH]ccc1=O. The maximum atomic E-state index is 11.9. The zero-order valence-electron chi connectivity index (χ0n) is 9.27. The van der Waals surface area contributed by atoms with Crippen LogP contribution < -0.4 is 5.43 Å². The van der Waals surface area contributed by atoms with Gasteiger partial charge in [-0.05, 0) is 6.42 Å². The standard InChI is InChI=1S/C11H16N2O3/c1-2-5-13(6-7-14)11(16)9-8-12-4-3-10(9)15/h3-4,8,14H,2,5-7H2,1H3,(H,12,15). The number of aliphatic hydroxyl groups is 1. The van der Waals surface area contributed by atoms with Gasteiger partial charge in [-0.3, -0.25) is 9.59 Å². The predicted octanol–water partition coefficient (Wildman–Crippen LogP) is 0.219. The molecule has 0 unspecified atom stereocenters. The van der Waals surface area contributed by atoms with Gasteiger partial charge in [0, 0.05) is 31.5 Å². The van der Waals surface area contributed by atoms with E-state index in [1.807, 2.05) is 6.92 Å². The molecule has 16 heavy (non-hydrogen) atoms. The van der Waals surface area contributed by atoms with E-state index in [-0.39, 0.29) is 30.1 Å².